The summed E-state index contributed by atoms with van der Waals surface area (Å²) in [5.74, 6) is 0.916. The Labute approximate surface area is 128 Å². The van der Waals surface area contributed by atoms with Crippen molar-refractivity contribution in [3.63, 3.8) is 0 Å². The molecule has 108 valence electrons. The maximum absolute atomic E-state index is 5.96. The highest BCUT2D eigenvalue weighted by molar-refractivity contribution is 9.10. The zero-order chi connectivity index (χ0) is 14.5. The van der Waals surface area contributed by atoms with E-state index in [4.69, 9.17) is 4.74 Å². The summed E-state index contributed by atoms with van der Waals surface area (Å²) in [5, 5.41) is 7.70. The number of aryl methyl sites for hydroxylation is 2. The molecule has 1 N–H and O–H groups in total. The van der Waals surface area contributed by atoms with Gasteiger partial charge in [-0.1, -0.05) is 25.1 Å². The molecule has 0 spiro atoms. The van der Waals surface area contributed by atoms with Crippen molar-refractivity contribution >= 4 is 15.9 Å². The molecule has 0 amide bonds. The highest BCUT2D eigenvalue weighted by Gasteiger charge is 2.12. The highest BCUT2D eigenvalue weighted by Crippen LogP contribution is 2.24. The molecule has 1 aromatic heterocycles. The lowest BCUT2D eigenvalue weighted by Crippen LogP contribution is -2.13. The van der Waals surface area contributed by atoms with Gasteiger partial charge >= 0.3 is 0 Å². The summed E-state index contributed by atoms with van der Waals surface area (Å²) >= 11 is 3.56. The smallest absolute Gasteiger partial charge is 0.131 e. The number of nitrogens with one attached hydrogen (secondary N) is 1. The monoisotopic (exact) mass is 337 g/mol. The molecule has 0 saturated heterocycles. The van der Waals surface area contributed by atoms with E-state index in [0.717, 1.165) is 34.7 Å². The zero-order valence-corrected chi connectivity index (χ0v) is 13.7. The summed E-state index contributed by atoms with van der Waals surface area (Å²) in [6, 6.07) is 8.11. The van der Waals surface area contributed by atoms with E-state index in [2.05, 4.69) is 39.3 Å². The van der Waals surface area contributed by atoms with Gasteiger partial charge in [0.1, 0.15) is 12.4 Å². The van der Waals surface area contributed by atoms with E-state index in [-0.39, 0.29) is 0 Å². The Morgan fingerprint density at radius 1 is 1.35 bits per heavy atom. The Hall–Kier alpha value is -1.33. The predicted molar refractivity (Wildman–Crippen MR) is 83.8 cm³/mol. The minimum atomic E-state index is 0.501. The lowest BCUT2D eigenvalue weighted by molar-refractivity contribution is 0.290. The Morgan fingerprint density at radius 3 is 2.75 bits per heavy atom. The van der Waals surface area contributed by atoms with Gasteiger partial charge in [0.2, 0.25) is 0 Å². The maximum atomic E-state index is 5.96. The molecular formula is C15H20BrN3O. The number of para-hydroxylation sites is 1. The van der Waals surface area contributed by atoms with Crippen molar-refractivity contribution < 1.29 is 4.74 Å². The molecule has 0 radical (unpaired) electrons. The largest absolute Gasteiger partial charge is 0.487 e. The minimum Gasteiger partial charge on any atom is -0.487 e. The second-order valence-electron chi connectivity index (χ2n) is 4.65. The molecule has 0 aliphatic carbocycles. The fraction of sp³-hybridized carbons (Fsp3) is 0.400. The van der Waals surface area contributed by atoms with Crippen molar-refractivity contribution in [1.29, 1.82) is 0 Å². The van der Waals surface area contributed by atoms with Gasteiger partial charge in [0, 0.05) is 19.2 Å². The molecule has 2 aromatic rings. The van der Waals surface area contributed by atoms with E-state index in [1.165, 1.54) is 5.56 Å². The molecular weight excluding hydrogens is 318 g/mol. The Balaban J connectivity index is 2.10. The van der Waals surface area contributed by atoms with Crippen LogP contribution in [0.5, 0.6) is 5.75 Å². The molecule has 2 rings (SSSR count). The molecule has 4 nitrogen and oxygen atoms in total. The number of benzene rings is 1. The molecule has 0 bridgehead atoms. The first-order valence-corrected chi connectivity index (χ1v) is 7.52. The summed E-state index contributed by atoms with van der Waals surface area (Å²) in [7, 11) is 1.93. The van der Waals surface area contributed by atoms with Gasteiger partial charge in [-0.15, -0.1) is 0 Å². The summed E-state index contributed by atoms with van der Waals surface area (Å²) in [6.45, 7) is 6.34. The second kappa shape index (κ2) is 6.90. The first-order chi connectivity index (χ1) is 9.63. The van der Waals surface area contributed by atoms with Crippen LogP contribution in [0.15, 0.2) is 28.7 Å². The normalized spacial score (nSPS) is 10.8. The summed E-state index contributed by atoms with van der Waals surface area (Å²) in [6.07, 6.45) is 0. The fourth-order valence-electron chi connectivity index (χ4n) is 2.03. The Morgan fingerprint density at radius 2 is 2.10 bits per heavy atom. The Bertz CT molecular complexity index is 580. The van der Waals surface area contributed by atoms with Crippen LogP contribution in [-0.4, -0.2) is 16.3 Å². The van der Waals surface area contributed by atoms with Crippen LogP contribution >= 0.6 is 15.9 Å². The second-order valence-corrected chi connectivity index (χ2v) is 5.44. The van der Waals surface area contributed by atoms with Crippen LogP contribution < -0.4 is 10.1 Å². The highest BCUT2D eigenvalue weighted by atomic mass is 79.9. The van der Waals surface area contributed by atoms with E-state index in [0.29, 0.717) is 6.61 Å². The van der Waals surface area contributed by atoms with Crippen LogP contribution in [0.2, 0.25) is 0 Å². The summed E-state index contributed by atoms with van der Waals surface area (Å²) < 4.78 is 8.84. The van der Waals surface area contributed by atoms with Gasteiger partial charge in [-0.25, -0.2) is 0 Å². The van der Waals surface area contributed by atoms with Gasteiger partial charge in [0.25, 0.3) is 0 Å². The lowest BCUT2D eigenvalue weighted by atomic mass is 10.2. The van der Waals surface area contributed by atoms with Crippen LogP contribution in [-0.2, 0) is 20.2 Å². The van der Waals surface area contributed by atoms with Crippen LogP contribution in [0.4, 0.5) is 0 Å². The molecule has 1 heterocycles. The van der Waals surface area contributed by atoms with E-state index in [1.54, 1.807) is 0 Å². The molecule has 5 heteroatoms. The Kier molecular flexibility index (Phi) is 5.20. The third kappa shape index (κ3) is 3.41. The molecule has 0 aliphatic heterocycles. The van der Waals surface area contributed by atoms with Crippen molar-refractivity contribution in [2.75, 3.05) is 6.54 Å². The number of nitrogens with zero attached hydrogens (tertiary/aromatic N) is 2. The minimum absolute atomic E-state index is 0.501. The van der Waals surface area contributed by atoms with Crippen LogP contribution in [0.25, 0.3) is 0 Å². The van der Waals surface area contributed by atoms with E-state index in [1.807, 2.05) is 36.9 Å². The van der Waals surface area contributed by atoms with E-state index < -0.39 is 0 Å². The average Bonchev–Trinajstić information content (AvgIpc) is 2.69. The van der Waals surface area contributed by atoms with Crippen molar-refractivity contribution in [1.82, 2.24) is 15.1 Å². The van der Waals surface area contributed by atoms with E-state index in [9.17, 15) is 0 Å². The van der Waals surface area contributed by atoms with Gasteiger partial charge in [0.05, 0.1) is 15.9 Å². The number of aromatic nitrogens is 2. The van der Waals surface area contributed by atoms with Gasteiger partial charge in [-0.3, -0.25) is 4.68 Å². The first-order valence-electron chi connectivity index (χ1n) is 6.72. The van der Waals surface area contributed by atoms with Crippen LogP contribution in [0.3, 0.4) is 0 Å². The maximum Gasteiger partial charge on any atom is 0.131 e. The van der Waals surface area contributed by atoms with Crippen molar-refractivity contribution in [2.24, 2.45) is 7.05 Å². The summed E-state index contributed by atoms with van der Waals surface area (Å²) in [5.41, 5.74) is 3.19. The molecule has 0 unspecified atom stereocenters. The van der Waals surface area contributed by atoms with Gasteiger partial charge in [-0.05, 0) is 35.5 Å². The number of hydrogen-bond donors (Lipinski definition) is 1. The van der Waals surface area contributed by atoms with Crippen molar-refractivity contribution in [2.45, 2.75) is 27.0 Å². The number of rotatable bonds is 6. The van der Waals surface area contributed by atoms with Crippen LogP contribution in [0.1, 0.15) is 23.9 Å². The number of hydrogen-bond acceptors (Lipinski definition) is 3. The molecule has 0 fully saturated rings. The molecule has 0 aliphatic rings. The quantitative estimate of drug-likeness (QED) is 0.879. The topological polar surface area (TPSA) is 39.1 Å². The number of halogens is 1. The molecule has 0 saturated carbocycles. The van der Waals surface area contributed by atoms with E-state index >= 15 is 0 Å². The lowest BCUT2D eigenvalue weighted by Gasteiger charge is -2.12. The predicted octanol–water partition coefficient (Wildman–Crippen LogP) is 3.18. The first kappa shape index (κ1) is 15.1. The van der Waals surface area contributed by atoms with Gasteiger partial charge < -0.3 is 10.1 Å². The SMILES string of the molecule is CCNCc1ccccc1OCc1c(Br)c(C)nn1C. The average molecular weight is 338 g/mol. The molecule has 1 aromatic carbocycles. The van der Waals surface area contributed by atoms with Gasteiger partial charge in [0.15, 0.2) is 0 Å². The molecule has 0 atom stereocenters. The third-order valence-electron chi connectivity index (χ3n) is 3.16. The summed E-state index contributed by atoms with van der Waals surface area (Å²) in [4.78, 5) is 0. The van der Waals surface area contributed by atoms with Crippen molar-refractivity contribution in [3.8, 4) is 5.75 Å². The third-order valence-corrected chi connectivity index (χ3v) is 4.20. The standard InChI is InChI=1S/C15H20BrN3O/c1-4-17-9-12-7-5-6-8-14(12)20-10-13-15(16)11(2)18-19(13)3/h5-8,17H,4,9-10H2,1-3H3. The van der Waals surface area contributed by atoms with Crippen LogP contribution in [0, 0.1) is 6.92 Å². The van der Waals surface area contributed by atoms with Crippen molar-refractivity contribution in [3.05, 3.63) is 45.7 Å². The zero-order valence-electron chi connectivity index (χ0n) is 12.1. The van der Waals surface area contributed by atoms with Gasteiger partial charge in [-0.2, -0.15) is 5.10 Å². The molecule has 20 heavy (non-hydrogen) atoms. The number of ether oxygens (including phenoxy) is 1. The fourth-order valence-corrected chi connectivity index (χ4v) is 2.48.